The molecule has 1 fully saturated rings. The van der Waals surface area contributed by atoms with Crippen LogP contribution in [0.25, 0.3) is 11.1 Å². The van der Waals surface area contributed by atoms with Crippen molar-refractivity contribution in [1.29, 1.82) is 0 Å². The number of para-hydroxylation sites is 1. The molecular formula is C29H33NO7. The van der Waals surface area contributed by atoms with Gasteiger partial charge in [0.1, 0.15) is 5.75 Å². The zero-order chi connectivity index (χ0) is 26.3. The van der Waals surface area contributed by atoms with E-state index in [0.717, 1.165) is 24.0 Å². The standard InChI is InChI=1S/C29H33NO7/c31-27(32)12-2-1-7-18-37-26-11-6-5-10-25(26)29(34,35)30(24-8-3-4-9-24)28(33)22-15-13-21(14-16-22)23-17-19-36-20-23/h5-6,10-11,13-17,19-20,24,34-35H,1-4,7-9,12,18H2,(H,31,32). The number of carbonyl (C=O) groups is 2. The molecule has 4 rings (SSSR count). The third-order valence-corrected chi connectivity index (χ3v) is 6.77. The van der Waals surface area contributed by atoms with Crippen LogP contribution < -0.4 is 4.74 Å². The van der Waals surface area contributed by atoms with E-state index in [1.54, 1.807) is 48.9 Å². The topological polar surface area (TPSA) is 120 Å². The Morgan fingerprint density at radius 2 is 1.68 bits per heavy atom. The number of hydrogen-bond acceptors (Lipinski definition) is 6. The van der Waals surface area contributed by atoms with Crippen LogP contribution in [0.3, 0.4) is 0 Å². The Bertz CT molecular complexity index is 1170. The zero-order valence-corrected chi connectivity index (χ0v) is 20.7. The van der Waals surface area contributed by atoms with Gasteiger partial charge in [-0.1, -0.05) is 37.1 Å². The lowest BCUT2D eigenvalue weighted by atomic mass is 10.0. The van der Waals surface area contributed by atoms with E-state index in [4.69, 9.17) is 14.3 Å². The number of benzene rings is 2. The van der Waals surface area contributed by atoms with Crippen LogP contribution in [0.15, 0.2) is 71.5 Å². The Kier molecular flexibility index (Phi) is 8.63. The Balaban J connectivity index is 1.55. The minimum atomic E-state index is -2.59. The van der Waals surface area contributed by atoms with E-state index in [-0.39, 0.29) is 23.8 Å². The van der Waals surface area contributed by atoms with Gasteiger partial charge in [0.2, 0.25) is 0 Å². The van der Waals surface area contributed by atoms with Crippen molar-refractivity contribution in [3.63, 3.8) is 0 Å². The van der Waals surface area contributed by atoms with E-state index in [1.807, 2.05) is 18.2 Å². The second kappa shape index (κ2) is 12.1. The van der Waals surface area contributed by atoms with Crippen LogP contribution in [0.5, 0.6) is 5.75 Å². The molecule has 1 aliphatic rings. The number of furan rings is 1. The van der Waals surface area contributed by atoms with Crippen molar-refractivity contribution in [3.8, 4) is 16.9 Å². The van der Waals surface area contributed by atoms with Gasteiger partial charge in [-0.3, -0.25) is 14.5 Å². The number of amides is 1. The summed E-state index contributed by atoms with van der Waals surface area (Å²) in [6.45, 7) is 0.291. The zero-order valence-electron chi connectivity index (χ0n) is 20.7. The first-order valence-corrected chi connectivity index (χ1v) is 12.7. The lowest BCUT2D eigenvalue weighted by molar-refractivity contribution is -0.266. The summed E-state index contributed by atoms with van der Waals surface area (Å²) in [6.07, 6.45) is 8.32. The fourth-order valence-electron chi connectivity index (χ4n) is 4.83. The highest BCUT2D eigenvalue weighted by Crippen LogP contribution is 2.38. The first-order chi connectivity index (χ1) is 17.9. The fraction of sp³-hybridized carbons (Fsp3) is 0.379. The maximum atomic E-state index is 13.7. The summed E-state index contributed by atoms with van der Waals surface area (Å²) in [5.74, 6) is -3.62. The summed E-state index contributed by atoms with van der Waals surface area (Å²) in [4.78, 5) is 25.6. The number of ether oxygens (including phenoxy) is 1. The van der Waals surface area contributed by atoms with Gasteiger partial charge >= 0.3 is 5.97 Å². The van der Waals surface area contributed by atoms with E-state index in [9.17, 15) is 19.8 Å². The first-order valence-electron chi connectivity index (χ1n) is 12.7. The van der Waals surface area contributed by atoms with Crippen LogP contribution in [-0.2, 0) is 10.7 Å². The van der Waals surface area contributed by atoms with Gasteiger partial charge in [-0.2, -0.15) is 0 Å². The number of carbonyl (C=O) groups excluding carboxylic acids is 1. The molecule has 1 aromatic heterocycles. The number of aliphatic carboxylic acids is 1. The maximum absolute atomic E-state index is 13.7. The largest absolute Gasteiger partial charge is 0.493 e. The quantitative estimate of drug-likeness (QED) is 0.229. The molecule has 2 aromatic carbocycles. The average molecular weight is 508 g/mol. The number of unbranched alkanes of at least 4 members (excludes halogenated alkanes) is 2. The lowest BCUT2D eigenvalue weighted by Crippen LogP contribution is -2.54. The van der Waals surface area contributed by atoms with E-state index in [2.05, 4.69) is 0 Å². The first kappa shape index (κ1) is 26.4. The Labute approximate surface area is 216 Å². The van der Waals surface area contributed by atoms with Crippen molar-refractivity contribution in [3.05, 3.63) is 78.3 Å². The highest BCUT2D eigenvalue weighted by Gasteiger charge is 2.45. The van der Waals surface area contributed by atoms with Crippen molar-refractivity contribution in [2.24, 2.45) is 0 Å². The van der Waals surface area contributed by atoms with Crippen LogP contribution in [0, 0.1) is 0 Å². The van der Waals surface area contributed by atoms with Crippen LogP contribution in [-0.4, -0.2) is 44.7 Å². The summed E-state index contributed by atoms with van der Waals surface area (Å²) in [6, 6.07) is 15.1. The van der Waals surface area contributed by atoms with Gasteiger partial charge in [-0.05, 0) is 68.0 Å². The Morgan fingerprint density at radius 1 is 0.946 bits per heavy atom. The molecule has 0 aliphatic heterocycles. The molecule has 8 nitrogen and oxygen atoms in total. The molecule has 3 aromatic rings. The smallest absolute Gasteiger partial charge is 0.303 e. The number of aliphatic hydroxyl groups is 2. The van der Waals surface area contributed by atoms with Crippen molar-refractivity contribution in [2.45, 2.75) is 63.3 Å². The predicted molar refractivity (Wildman–Crippen MR) is 137 cm³/mol. The number of hydrogen-bond donors (Lipinski definition) is 3. The molecule has 37 heavy (non-hydrogen) atoms. The molecule has 1 saturated carbocycles. The minimum Gasteiger partial charge on any atom is -0.493 e. The highest BCUT2D eigenvalue weighted by molar-refractivity contribution is 5.95. The molecule has 0 bridgehead atoms. The number of carboxylic acid groups (broad SMARTS) is 1. The van der Waals surface area contributed by atoms with Crippen molar-refractivity contribution < 1.29 is 34.1 Å². The molecule has 1 aliphatic carbocycles. The van der Waals surface area contributed by atoms with Crippen molar-refractivity contribution in [1.82, 2.24) is 4.90 Å². The second-order valence-electron chi connectivity index (χ2n) is 9.39. The highest BCUT2D eigenvalue weighted by atomic mass is 16.5. The molecule has 8 heteroatoms. The summed E-state index contributed by atoms with van der Waals surface area (Å²) in [5.41, 5.74) is 2.22. The molecule has 0 unspecified atom stereocenters. The monoisotopic (exact) mass is 507 g/mol. The Morgan fingerprint density at radius 3 is 2.35 bits per heavy atom. The molecule has 0 spiro atoms. The van der Waals surface area contributed by atoms with Gasteiger partial charge in [-0.15, -0.1) is 0 Å². The SMILES string of the molecule is O=C(O)CCCCCOc1ccccc1C(O)(O)N(C(=O)c1ccc(-c2ccoc2)cc1)C1CCCC1. The van der Waals surface area contributed by atoms with Gasteiger partial charge in [0.05, 0.1) is 24.7 Å². The van der Waals surface area contributed by atoms with Crippen LogP contribution >= 0.6 is 0 Å². The van der Waals surface area contributed by atoms with Crippen LogP contribution in [0.1, 0.15) is 67.3 Å². The third-order valence-electron chi connectivity index (χ3n) is 6.77. The van der Waals surface area contributed by atoms with Gasteiger partial charge in [0.25, 0.3) is 11.8 Å². The van der Waals surface area contributed by atoms with Gasteiger partial charge in [-0.25, -0.2) is 0 Å². The van der Waals surface area contributed by atoms with Gasteiger partial charge in [0.15, 0.2) is 0 Å². The van der Waals surface area contributed by atoms with Crippen LogP contribution in [0.4, 0.5) is 0 Å². The normalized spacial score (nSPS) is 14.0. The van der Waals surface area contributed by atoms with Crippen molar-refractivity contribution >= 4 is 11.9 Å². The summed E-state index contributed by atoms with van der Waals surface area (Å²) >= 11 is 0. The summed E-state index contributed by atoms with van der Waals surface area (Å²) in [7, 11) is 0. The molecule has 196 valence electrons. The molecular weight excluding hydrogens is 474 g/mol. The number of rotatable bonds is 12. The molecule has 1 amide bonds. The fourth-order valence-corrected chi connectivity index (χ4v) is 4.83. The maximum Gasteiger partial charge on any atom is 0.303 e. The Hall–Kier alpha value is -3.62. The number of carboxylic acids is 1. The van der Waals surface area contributed by atoms with E-state index in [0.29, 0.717) is 44.3 Å². The van der Waals surface area contributed by atoms with E-state index in [1.165, 1.54) is 4.90 Å². The molecule has 1 heterocycles. The van der Waals surface area contributed by atoms with E-state index >= 15 is 0 Å². The molecule has 3 N–H and O–H groups in total. The molecule has 0 atom stereocenters. The molecule has 0 radical (unpaired) electrons. The summed E-state index contributed by atoms with van der Waals surface area (Å²) < 4.78 is 11.0. The second-order valence-corrected chi connectivity index (χ2v) is 9.39. The van der Waals surface area contributed by atoms with Crippen LogP contribution in [0.2, 0.25) is 0 Å². The molecule has 0 saturated heterocycles. The summed E-state index contributed by atoms with van der Waals surface area (Å²) in [5, 5.41) is 31.8. The van der Waals surface area contributed by atoms with Gasteiger partial charge < -0.3 is 24.5 Å². The van der Waals surface area contributed by atoms with E-state index < -0.39 is 17.8 Å². The number of nitrogens with zero attached hydrogens (tertiary/aromatic N) is 1. The van der Waals surface area contributed by atoms with Gasteiger partial charge in [0, 0.05) is 23.6 Å². The minimum absolute atomic E-state index is 0.0933. The predicted octanol–water partition coefficient (Wildman–Crippen LogP) is 5.15. The van der Waals surface area contributed by atoms with Crippen molar-refractivity contribution in [2.75, 3.05) is 6.61 Å². The third kappa shape index (κ3) is 6.39. The lowest BCUT2D eigenvalue weighted by Gasteiger charge is -2.40. The average Bonchev–Trinajstić information content (AvgIpc) is 3.61.